The van der Waals surface area contributed by atoms with Crippen molar-refractivity contribution in [2.75, 3.05) is 19.6 Å². The van der Waals surface area contributed by atoms with Crippen molar-refractivity contribution < 1.29 is 0 Å². The highest BCUT2D eigenvalue weighted by Crippen LogP contribution is 2.12. The summed E-state index contributed by atoms with van der Waals surface area (Å²) in [6, 6.07) is 1.42. The van der Waals surface area contributed by atoms with Gasteiger partial charge in [0.05, 0.1) is 0 Å². The number of rotatable bonds is 4. The first kappa shape index (κ1) is 10.7. The molecular weight excluding hydrogens is 160 g/mol. The molecule has 1 N–H and O–H groups in total. The Morgan fingerprint density at radius 3 is 2.54 bits per heavy atom. The summed E-state index contributed by atoms with van der Waals surface area (Å²) in [4.78, 5) is 2.55. The van der Waals surface area contributed by atoms with Crippen molar-refractivity contribution >= 4 is 0 Å². The molecule has 13 heavy (non-hydrogen) atoms. The molecule has 1 heterocycles. The Hall–Kier alpha value is -0.340. The first-order valence-corrected chi connectivity index (χ1v) is 5.32. The van der Waals surface area contributed by atoms with Crippen molar-refractivity contribution in [2.45, 2.75) is 38.8 Å². The Bertz CT molecular complexity index is 146. The molecular formula is C11H22N2. The molecule has 0 unspecified atom stereocenters. The van der Waals surface area contributed by atoms with Crippen LogP contribution in [0.4, 0.5) is 0 Å². The van der Waals surface area contributed by atoms with Crippen LogP contribution in [0.25, 0.3) is 0 Å². The second-order valence-corrected chi connectivity index (χ2v) is 4.10. The fourth-order valence-electron chi connectivity index (χ4n) is 1.87. The van der Waals surface area contributed by atoms with Gasteiger partial charge in [0.1, 0.15) is 0 Å². The van der Waals surface area contributed by atoms with Crippen LogP contribution in [0.5, 0.6) is 0 Å². The standard InChI is InChI=1S/C11H22N2/c1-4-7-12-11-5-8-13(9-6-11)10(2)3/h4,10-12H,1,5-9H2,2-3H3. The second kappa shape index (κ2) is 5.40. The molecule has 0 bridgehead atoms. The minimum atomic E-state index is 0.709. The third kappa shape index (κ3) is 3.49. The Morgan fingerprint density at radius 1 is 1.46 bits per heavy atom. The lowest BCUT2D eigenvalue weighted by molar-refractivity contribution is 0.163. The van der Waals surface area contributed by atoms with Gasteiger partial charge in [-0.15, -0.1) is 6.58 Å². The average Bonchev–Trinajstić information content (AvgIpc) is 2.15. The second-order valence-electron chi connectivity index (χ2n) is 4.10. The van der Waals surface area contributed by atoms with Gasteiger partial charge in [0, 0.05) is 18.6 Å². The van der Waals surface area contributed by atoms with Gasteiger partial charge in [-0.05, 0) is 39.8 Å². The SMILES string of the molecule is C=CCNC1CCN(C(C)C)CC1. The molecule has 0 aliphatic carbocycles. The molecule has 76 valence electrons. The van der Waals surface area contributed by atoms with Gasteiger partial charge in [-0.1, -0.05) is 6.08 Å². The molecule has 2 nitrogen and oxygen atoms in total. The van der Waals surface area contributed by atoms with E-state index in [1.54, 1.807) is 0 Å². The van der Waals surface area contributed by atoms with E-state index in [1.165, 1.54) is 25.9 Å². The summed E-state index contributed by atoms with van der Waals surface area (Å²) in [5.74, 6) is 0. The Labute approximate surface area is 82.0 Å². The highest BCUT2D eigenvalue weighted by molar-refractivity contribution is 4.81. The van der Waals surface area contributed by atoms with Crippen LogP contribution in [0.15, 0.2) is 12.7 Å². The zero-order valence-electron chi connectivity index (χ0n) is 8.92. The zero-order valence-corrected chi connectivity index (χ0v) is 8.92. The van der Waals surface area contributed by atoms with Gasteiger partial charge in [0.25, 0.3) is 0 Å². The Morgan fingerprint density at radius 2 is 2.08 bits per heavy atom. The van der Waals surface area contributed by atoms with Crippen LogP contribution in [-0.2, 0) is 0 Å². The molecule has 0 radical (unpaired) electrons. The zero-order chi connectivity index (χ0) is 9.68. The highest BCUT2D eigenvalue weighted by Gasteiger charge is 2.19. The Kier molecular flexibility index (Phi) is 4.46. The van der Waals surface area contributed by atoms with Crippen LogP contribution >= 0.6 is 0 Å². The van der Waals surface area contributed by atoms with E-state index >= 15 is 0 Å². The molecule has 1 aliphatic heterocycles. The average molecular weight is 182 g/mol. The summed E-state index contributed by atoms with van der Waals surface area (Å²) in [7, 11) is 0. The fraction of sp³-hybridized carbons (Fsp3) is 0.818. The maximum Gasteiger partial charge on any atom is 0.0134 e. The number of likely N-dealkylation sites (tertiary alicyclic amines) is 1. The molecule has 0 spiro atoms. The van der Waals surface area contributed by atoms with Gasteiger partial charge < -0.3 is 10.2 Å². The normalized spacial score (nSPS) is 20.8. The van der Waals surface area contributed by atoms with E-state index in [0.29, 0.717) is 12.1 Å². The maximum absolute atomic E-state index is 3.72. The number of hydrogen-bond donors (Lipinski definition) is 1. The fourth-order valence-corrected chi connectivity index (χ4v) is 1.87. The van der Waals surface area contributed by atoms with Gasteiger partial charge in [-0.25, -0.2) is 0 Å². The third-order valence-corrected chi connectivity index (χ3v) is 2.81. The van der Waals surface area contributed by atoms with Gasteiger partial charge >= 0.3 is 0 Å². The summed E-state index contributed by atoms with van der Waals surface area (Å²) in [5.41, 5.74) is 0. The van der Waals surface area contributed by atoms with Crippen molar-refractivity contribution in [3.05, 3.63) is 12.7 Å². The van der Waals surface area contributed by atoms with E-state index in [-0.39, 0.29) is 0 Å². The van der Waals surface area contributed by atoms with E-state index in [2.05, 4.69) is 30.6 Å². The lowest BCUT2D eigenvalue weighted by Crippen LogP contribution is -2.45. The van der Waals surface area contributed by atoms with E-state index in [9.17, 15) is 0 Å². The number of piperidine rings is 1. The molecule has 2 heteroatoms. The monoisotopic (exact) mass is 182 g/mol. The molecule has 0 aromatic carbocycles. The molecule has 1 rings (SSSR count). The Balaban J connectivity index is 2.18. The molecule has 0 amide bonds. The summed E-state index contributed by atoms with van der Waals surface area (Å²) in [6.45, 7) is 11.7. The van der Waals surface area contributed by atoms with Crippen molar-refractivity contribution in [1.82, 2.24) is 10.2 Å². The topological polar surface area (TPSA) is 15.3 Å². The molecule has 1 saturated heterocycles. The smallest absolute Gasteiger partial charge is 0.0134 e. The summed E-state index contributed by atoms with van der Waals surface area (Å²) < 4.78 is 0. The van der Waals surface area contributed by atoms with Crippen LogP contribution in [-0.4, -0.2) is 36.6 Å². The lowest BCUT2D eigenvalue weighted by Gasteiger charge is -2.34. The molecule has 0 aromatic rings. The molecule has 1 aliphatic rings. The van der Waals surface area contributed by atoms with Crippen molar-refractivity contribution in [3.8, 4) is 0 Å². The lowest BCUT2D eigenvalue weighted by atomic mass is 10.0. The van der Waals surface area contributed by atoms with Crippen molar-refractivity contribution in [3.63, 3.8) is 0 Å². The van der Waals surface area contributed by atoms with Gasteiger partial charge in [0.2, 0.25) is 0 Å². The number of nitrogens with one attached hydrogen (secondary N) is 1. The predicted molar refractivity (Wildman–Crippen MR) is 57.9 cm³/mol. The van der Waals surface area contributed by atoms with Crippen molar-refractivity contribution in [1.29, 1.82) is 0 Å². The van der Waals surface area contributed by atoms with E-state index in [0.717, 1.165) is 6.54 Å². The van der Waals surface area contributed by atoms with E-state index in [4.69, 9.17) is 0 Å². The van der Waals surface area contributed by atoms with E-state index < -0.39 is 0 Å². The summed E-state index contributed by atoms with van der Waals surface area (Å²) in [6.07, 6.45) is 4.51. The number of hydrogen-bond acceptors (Lipinski definition) is 2. The third-order valence-electron chi connectivity index (χ3n) is 2.81. The minimum Gasteiger partial charge on any atom is -0.310 e. The molecule has 0 atom stereocenters. The predicted octanol–water partition coefficient (Wildman–Crippen LogP) is 1.63. The van der Waals surface area contributed by atoms with Gasteiger partial charge in [0.15, 0.2) is 0 Å². The quantitative estimate of drug-likeness (QED) is 0.665. The maximum atomic E-state index is 3.72. The van der Waals surface area contributed by atoms with Gasteiger partial charge in [-0.2, -0.15) is 0 Å². The van der Waals surface area contributed by atoms with Crippen LogP contribution in [0.2, 0.25) is 0 Å². The molecule has 0 aromatic heterocycles. The van der Waals surface area contributed by atoms with Crippen LogP contribution in [0.3, 0.4) is 0 Å². The van der Waals surface area contributed by atoms with Crippen molar-refractivity contribution in [2.24, 2.45) is 0 Å². The minimum absolute atomic E-state index is 0.709. The number of nitrogens with zero attached hydrogens (tertiary/aromatic N) is 1. The van der Waals surface area contributed by atoms with Gasteiger partial charge in [-0.3, -0.25) is 0 Å². The molecule has 0 saturated carbocycles. The van der Waals surface area contributed by atoms with Crippen LogP contribution < -0.4 is 5.32 Å². The first-order chi connectivity index (χ1) is 6.24. The summed E-state index contributed by atoms with van der Waals surface area (Å²) >= 11 is 0. The highest BCUT2D eigenvalue weighted by atomic mass is 15.2. The first-order valence-electron chi connectivity index (χ1n) is 5.32. The van der Waals surface area contributed by atoms with Crippen LogP contribution in [0, 0.1) is 0 Å². The molecule has 1 fully saturated rings. The van der Waals surface area contributed by atoms with Crippen LogP contribution in [0.1, 0.15) is 26.7 Å². The summed E-state index contributed by atoms with van der Waals surface area (Å²) in [5, 5.41) is 3.49. The largest absolute Gasteiger partial charge is 0.310 e. The van der Waals surface area contributed by atoms with E-state index in [1.807, 2.05) is 6.08 Å².